The minimum atomic E-state index is -0.962. The number of carbonyl (C=O) groups excluding carboxylic acids is 1. The zero-order valence-electron chi connectivity index (χ0n) is 8.15. The van der Waals surface area contributed by atoms with Gasteiger partial charge in [-0.05, 0) is 18.2 Å². The standard InChI is InChI=1S/C11H8F2N2O/c12-7-5-8(13)10(11(14)16)9(6-7)15-3-1-2-4-15/h1-6H,(H2,14,16). The van der Waals surface area contributed by atoms with Crippen molar-refractivity contribution < 1.29 is 13.6 Å². The Hall–Kier alpha value is -2.17. The fraction of sp³-hybridized carbons (Fsp3) is 0. The third-order valence-electron chi connectivity index (χ3n) is 2.16. The number of nitrogens with two attached hydrogens (primary N) is 1. The van der Waals surface area contributed by atoms with Crippen LogP contribution in [0.3, 0.4) is 0 Å². The number of halogens is 2. The Morgan fingerprint density at radius 1 is 1.19 bits per heavy atom. The van der Waals surface area contributed by atoms with Gasteiger partial charge >= 0.3 is 0 Å². The van der Waals surface area contributed by atoms with Crippen LogP contribution in [0.2, 0.25) is 0 Å². The van der Waals surface area contributed by atoms with Crippen LogP contribution in [0.15, 0.2) is 36.7 Å². The molecule has 0 radical (unpaired) electrons. The molecule has 5 heteroatoms. The number of amides is 1. The number of carbonyl (C=O) groups is 1. The van der Waals surface area contributed by atoms with E-state index in [0.717, 1.165) is 6.07 Å². The van der Waals surface area contributed by atoms with E-state index in [0.29, 0.717) is 6.07 Å². The number of rotatable bonds is 2. The largest absolute Gasteiger partial charge is 0.365 e. The minimum Gasteiger partial charge on any atom is -0.365 e. The zero-order chi connectivity index (χ0) is 11.7. The molecular weight excluding hydrogens is 214 g/mol. The lowest BCUT2D eigenvalue weighted by Crippen LogP contribution is -2.17. The normalized spacial score (nSPS) is 10.4. The van der Waals surface area contributed by atoms with Gasteiger partial charge in [0.05, 0.1) is 11.3 Å². The second kappa shape index (κ2) is 3.77. The Morgan fingerprint density at radius 2 is 1.81 bits per heavy atom. The van der Waals surface area contributed by atoms with Crippen molar-refractivity contribution in [3.63, 3.8) is 0 Å². The van der Waals surface area contributed by atoms with Gasteiger partial charge in [-0.2, -0.15) is 0 Å². The summed E-state index contributed by atoms with van der Waals surface area (Å²) in [7, 11) is 0. The summed E-state index contributed by atoms with van der Waals surface area (Å²) in [4.78, 5) is 11.1. The molecule has 1 amide bonds. The molecule has 0 aliphatic rings. The molecule has 82 valence electrons. The van der Waals surface area contributed by atoms with E-state index in [-0.39, 0.29) is 11.3 Å². The van der Waals surface area contributed by atoms with Gasteiger partial charge in [0.15, 0.2) is 0 Å². The fourth-order valence-corrected chi connectivity index (χ4v) is 1.50. The molecule has 0 unspecified atom stereocenters. The molecule has 2 aromatic rings. The first-order valence-electron chi connectivity index (χ1n) is 4.52. The van der Waals surface area contributed by atoms with Gasteiger partial charge in [0.2, 0.25) is 0 Å². The highest BCUT2D eigenvalue weighted by molar-refractivity contribution is 5.96. The van der Waals surface area contributed by atoms with Crippen molar-refractivity contribution in [2.24, 2.45) is 5.73 Å². The van der Waals surface area contributed by atoms with Crippen LogP contribution in [0.4, 0.5) is 8.78 Å². The van der Waals surface area contributed by atoms with Gasteiger partial charge in [-0.3, -0.25) is 4.79 Å². The van der Waals surface area contributed by atoms with Crippen LogP contribution in [-0.4, -0.2) is 10.5 Å². The molecule has 0 atom stereocenters. The lowest BCUT2D eigenvalue weighted by Gasteiger charge is -2.09. The van der Waals surface area contributed by atoms with Crippen LogP contribution >= 0.6 is 0 Å². The zero-order valence-corrected chi connectivity index (χ0v) is 8.15. The molecule has 0 saturated carbocycles. The summed E-state index contributed by atoms with van der Waals surface area (Å²) in [5, 5.41) is 0. The Bertz CT molecular complexity index is 535. The van der Waals surface area contributed by atoms with Crippen molar-refractivity contribution in [2.75, 3.05) is 0 Å². The predicted molar refractivity (Wildman–Crippen MR) is 54.2 cm³/mol. The molecule has 2 rings (SSSR count). The van der Waals surface area contributed by atoms with Gasteiger partial charge in [0.1, 0.15) is 11.6 Å². The molecule has 1 aromatic carbocycles. The third-order valence-corrected chi connectivity index (χ3v) is 2.16. The summed E-state index contributed by atoms with van der Waals surface area (Å²) < 4.78 is 27.9. The smallest absolute Gasteiger partial charge is 0.253 e. The highest BCUT2D eigenvalue weighted by atomic mass is 19.1. The number of nitrogens with zero attached hydrogens (tertiary/aromatic N) is 1. The first-order chi connectivity index (χ1) is 7.59. The molecule has 0 spiro atoms. The molecule has 3 nitrogen and oxygen atoms in total. The maximum atomic E-state index is 13.4. The van der Waals surface area contributed by atoms with Crippen molar-refractivity contribution >= 4 is 5.91 Å². The van der Waals surface area contributed by atoms with Crippen molar-refractivity contribution in [1.82, 2.24) is 4.57 Å². The topological polar surface area (TPSA) is 48.0 Å². The number of hydrogen-bond acceptors (Lipinski definition) is 1. The first-order valence-corrected chi connectivity index (χ1v) is 4.52. The lowest BCUT2D eigenvalue weighted by molar-refractivity contribution is 0.0996. The summed E-state index contributed by atoms with van der Waals surface area (Å²) >= 11 is 0. The average molecular weight is 222 g/mol. The Balaban J connectivity index is 2.72. The Kier molecular flexibility index (Phi) is 2.44. The molecule has 2 N–H and O–H groups in total. The monoisotopic (exact) mass is 222 g/mol. The molecule has 0 bridgehead atoms. The van der Waals surface area contributed by atoms with E-state index in [1.165, 1.54) is 4.57 Å². The predicted octanol–water partition coefficient (Wildman–Crippen LogP) is 1.85. The van der Waals surface area contributed by atoms with E-state index in [9.17, 15) is 13.6 Å². The summed E-state index contributed by atoms with van der Waals surface area (Å²) in [6.07, 6.45) is 3.14. The third kappa shape index (κ3) is 1.67. The Morgan fingerprint density at radius 3 is 2.38 bits per heavy atom. The fourth-order valence-electron chi connectivity index (χ4n) is 1.50. The molecule has 16 heavy (non-hydrogen) atoms. The highest BCUT2D eigenvalue weighted by Crippen LogP contribution is 2.19. The van der Waals surface area contributed by atoms with Gasteiger partial charge in [-0.1, -0.05) is 0 Å². The van der Waals surface area contributed by atoms with Crippen molar-refractivity contribution in [1.29, 1.82) is 0 Å². The molecule has 1 aromatic heterocycles. The lowest BCUT2D eigenvalue weighted by atomic mass is 10.1. The molecule has 0 fully saturated rings. The van der Waals surface area contributed by atoms with E-state index in [1.54, 1.807) is 24.5 Å². The van der Waals surface area contributed by atoms with E-state index in [4.69, 9.17) is 5.73 Å². The Labute approximate surface area is 90.1 Å². The van der Waals surface area contributed by atoms with Crippen LogP contribution in [0.5, 0.6) is 0 Å². The SMILES string of the molecule is NC(=O)c1c(F)cc(F)cc1-n1cccc1. The summed E-state index contributed by atoms with van der Waals surface area (Å²) in [6, 6.07) is 5.04. The van der Waals surface area contributed by atoms with E-state index < -0.39 is 17.5 Å². The van der Waals surface area contributed by atoms with Crippen LogP contribution in [-0.2, 0) is 0 Å². The summed E-state index contributed by atoms with van der Waals surface area (Å²) in [5.74, 6) is -2.65. The summed E-state index contributed by atoms with van der Waals surface area (Å²) in [5.41, 5.74) is 4.83. The van der Waals surface area contributed by atoms with Crippen LogP contribution in [0, 0.1) is 11.6 Å². The quantitative estimate of drug-likeness (QED) is 0.828. The average Bonchev–Trinajstić information content (AvgIpc) is 2.67. The van der Waals surface area contributed by atoms with E-state index >= 15 is 0 Å². The van der Waals surface area contributed by atoms with Crippen molar-refractivity contribution in [3.05, 3.63) is 53.9 Å². The van der Waals surface area contributed by atoms with Crippen molar-refractivity contribution in [2.45, 2.75) is 0 Å². The van der Waals surface area contributed by atoms with Gasteiger partial charge in [0, 0.05) is 18.5 Å². The number of benzene rings is 1. The van der Waals surface area contributed by atoms with Crippen molar-refractivity contribution in [3.8, 4) is 5.69 Å². The number of aromatic nitrogens is 1. The first kappa shape index (κ1) is 10.4. The highest BCUT2D eigenvalue weighted by Gasteiger charge is 2.16. The van der Waals surface area contributed by atoms with Gasteiger partial charge < -0.3 is 10.3 Å². The maximum Gasteiger partial charge on any atom is 0.253 e. The molecule has 1 heterocycles. The second-order valence-corrected chi connectivity index (χ2v) is 3.24. The number of primary amides is 1. The van der Waals surface area contributed by atoms with Gasteiger partial charge in [-0.25, -0.2) is 8.78 Å². The minimum absolute atomic E-state index is 0.0926. The maximum absolute atomic E-state index is 13.4. The summed E-state index contributed by atoms with van der Waals surface area (Å²) in [6.45, 7) is 0. The molecule has 0 aliphatic carbocycles. The number of hydrogen-bond donors (Lipinski definition) is 1. The van der Waals surface area contributed by atoms with Crippen LogP contribution < -0.4 is 5.73 Å². The van der Waals surface area contributed by atoms with E-state index in [2.05, 4.69) is 0 Å². The van der Waals surface area contributed by atoms with Gasteiger partial charge in [-0.15, -0.1) is 0 Å². The second-order valence-electron chi connectivity index (χ2n) is 3.24. The molecular formula is C11H8F2N2O. The van der Waals surface area contributed by atoms with Gasteiger partial charge in [0.25, 0.3) is 5.91 Å². The van der Waals surface area contributed by atoms with Crippen LogP contribution in [0.25, 0.3) is 5.69 Å². The van der Waals surface area contributed by atoms with Crippen LogP contribution in [0.1, 0.15) is 10.4 Å². The van der Waals surface area contributed by atoms with E-state index in [1.807, 2.05) is 0 Å². The molecule has 0 saturated heterocycles. The molecule has 0 aliphatic heterocycles.